The first-order valence-corrected chi connectivity index (χ1v) is 5.45. The van der Waals surface area contributed by atoms with E-state index < -0.39 is 0 Å². The number of nitrogens with zero attached hydrogens (tertiary/aromatic N) is 2. The minimum absolute atomic E-state index is 0.140. The first-order chi connectivity index (χ1) is 6.67. The van der Waals surface area contributed by atoms with Gasteiger partial charge in [0.2, 0.25) is 0 Å². The van der Waals surface area contributed by atoms with E-state index in [1.807, 2.05) is 10.9 Å². The van der Waals surface area contributed by atoms with Crippen LogP contribution >= 0.6 is 0 Å². The van der Waals surface area contributed by atoms with Crippen molar-refractivity contribution in [2.75, 3.05) is 0 Å². The summed E-state index contributed by atoms with van der Waals surface area (Å²) in [4.78, 5) is 0. The van der Waals surface area contributed by atoms with Crippen LogP contribution in [-0.2, 0) is 6.54 Å². The standard InChI is InChI=1S/C11H21N3/c1-4-9(3)7-14-8-10(6-13-14)11(12)5-2/h6,8-9,11H,4-5,7,12H2,1-3H3. The van der Waals surface area contributed by atoms with Gasteiger partial charge in [-0.2, -0.15) is 5.10 Å². The van der Waals surface area contributed by atoms with Crippen LogP contribution in [0.15, 0.2) is 12.4 Å². The summed E-state index contributed by atoms with van der Waals surface area (Å²) in [7, 11) is 0. The van der Waals surface area contributed by atoms with Crippen LogP contribution in [0, 0.1) is 5.92 Å². The zero-order chi connectivity index (χ0) is 10.6. The molecule has 0 aliphatic carbocycles. The van der Waals surface area contributed by atoms with E-state index in [0.717, 1.165) is 18.5 Å². The molecule has 0 fully saturated rings. The average molecular weight is 195 g/mol. The van der Waals surface area contributed by atoms with Gasteiger partial charge in [-0.05, 0) is 12.3 Å². The molecule has 1 heterocycles. The second-order valence-corrected chi connectivity index (χ2v) is 4.02. The predicted molar refractivity (Wildman–Crippen MR) is 58.9 cm³/mol. The molecule has 0 saturated carbocycles. The second kappa shape index (κ2) is 5.15. The lowest BCUT2D eigenvalue weighted by molar-refractivity contribution is 0.438. The number of aromatic nitrogens is 2. The molecule has 0 spiro atoms. The van der Waals surface area contributed by atoms with Crippen molar-refractivity contribution in [3.63, 3.8) is 0 Å². The molecule has 0 aliphatic rings. The van der Waals surface area contributed by atoms with Crippen molar-refractivity contribution < 1.29 is 0 Å². The lowest BCUT2D eigenvalue weighted by atomic mass is 10.1. The normalized spacial score (nSPS) is 15.4. The summed E-state index contributed by atoms with van der Waals surface area (Å²) in [5.41, 5.74) is 7.07. The zero-order valence-electron chi connectivity index (χ0n) is 9.40. The maximum absolute atomic E-state index is 5.92. The third-order valence-corrected chi connectivity index (χ3v) is 2.72. The van der Waals surface area contributed by atoms with Crippen LogP contribution in [0.1, 0.15) is 45.2 Å². The van der Waals surface area contributed by atoms with E-state index in [0.29, 0.717) is 5.92 Å². The van der Waals surface area contributed by atoms with Gasteiger partial charge in [-0.25, -0.2) is 0 Å². The Hall–Kier alpha value is -0.830. The van der Waals surface area contributed by atoms with Gasteiger partial charge in [0.15, 0.2) is 0 Å². The summed E-state index contributed by atoms with van der Waals surface area (Å²) >= 11 is 0. The lowest BCUT2D eigenvalue weighted by Gasteiger charge is -2.08. The molecule has 1 aromatic rings. The average Bonchev–Trinajstić information content (AvgIpc) is 2.65. The van der Waals surface area contributed by atoms with Crippen molar-refractivity contribution in [3.8, 4) is 0 Å². The fraction of sp³-hybridized carbons (Fsp3) is 0.727. The molecular weight excluding hydrogens is 174 g/mol. The highest BCUT2D eigenvalue weighted by atomic mass is 15.3. The van der Waals surface area contributed by atoms with Crippen LogP contribution in [0.3, 0.4) is 0 Å². The van der Waals surface area contributed by atoms with Crippen molar-refractivity contribution in [2.24, 2.45) is 11.7 Å². The molecule has 14 heavy (non-hydrogen) atoms. The Bertz CT molecular complexity index is 267. The monoisotopic (exact) mass is 195 g/mol. The summed E-state index contributed by atoms with van der Waals surface area (Å²) in [5, 5.41) is 4.31. The smallest absolute Gasteiger partial charge is 0.0537 e. The number of hydrogen-bond donors (Lipinski definition) is 1. The molecule has 80 valence electrons. The van der Waals surface area contributed by atoms with E-state index >= 15 is 0 Å². The number of hydrogen-bond acceptors (Lipinski definition) is 2. The quantitative estimate of drug-likeness (QED) is 0.783. The van der Waals surface area contributed by atoms with E-state index in [4.69, 9.17) is 5.73 Å². The predicted octanol–water partition coefficient (Wildman–Crippen LogP) is 2.34. The molecule has 1 aromatic heterocycles. The van der Waals surface area contributed by atoms with Crippen LogP contribution in [-0.4, -0.2) is 9.78 Å². The van der Waals surface area contributed by atoms with Crippen molar-refractivity contribution in [1.82, 2.24) is 9.78 Å². The molecule has 2 N–H and O–H groups in total. The van der Waals surface area contributed by atoms with Gasteiger partial charge in [0.1, 0.15) is 0 Å². The molecular formula is C11H21N3. The summed E-state index contributed by atoms with van der Waals surface area (Å²) in [6.07, 6.45) is 6.11. The first kappa shape index (κ1) is 11.2. The summed E-state index contributed by atoms with van der Waals surface area (Å²) in [6.45, 7) is 7.53. The van der Waals surface area contributed by atoms with Crippen molar-refractivity contribution in [2.45, 2.75) is 46.2 Å². The lowest BCUT2D eigenvalue weighted by Crippen LogP contribution is -2.09. The Morgan fingerprint density at radius 3 is 2.71 bits per heavy atom. The topological polar surface area (TPSA) is 43.8 Å². The van der Waals surface area contributed by atoms with Gasteiger partial charge in [0.25, 0.3) is 0 Å². The highest BCUT2D eigenvalue weighted by Gasteiger charge is 2.07. The maximum Gasteiger partial charge on any atom is 0.0537 e. The van der Waals surface area contributed by atoms with Crippen LogP contribution in [0.5, 0.6) is 0 Å². The molecule has 0 saturated heterocycles. The molecule has 0 bridgehead atoms. The zero-order valence-corrected chi connectivity index (χ0v) is 9.40. The van der Waals surface area contributed by atoms with E-state index in [1.165, 1.54) is 6.42 Å². The Balaban J connectivity index is 2.59. The summed E-state index contributed by atoms with van der Waals surface area (Å²) in [5.74, 6) is 0.681. The third kappa shape index (κ3) is 2.84. The molecule has 1 rings (SSSR count). The molecule has 2 atom stereocenters. The van der Waals surface area contributed by atoms with Crippen molar-refractivity contribution >= 4 is 0 Å². The Kier molecular flexibility index (Phi) is 4.14. The number of nitrogens with two attached hydrogens (primary N) is 1. The van der Waals surface area contributed by atoms with Crippen LogP contribution in [0.25, 0.3) is 0 Å². The Labute approximate surface area is 86.3 Å². The van der Waals surface area contributed by atoms with Crippen LogP contribution < -0.4 is 5.73 Å². The largest absolute Gasteiger partial charge is 0.324 e. The van der Waals surface area contributed by atoms with Crippen LogP contribution in [0.2, 0.25) is 0 Å². The van der Waals surface area contributed by atoms with Gasteiger partial charge in [-0.15, -0.1) is 0 Å². The summed E-state index contributed by atoms with van der Waals surface area (Å²) < 4.78 is 2.00. The molecule has 0 radical (unpaired) electrons. The van der Waals surface area contributed by atoms with Crippen LogP contribution in [0.4, 0.5) is 0 Å². The molecule has 3 nitrogen and oxygen atoms in total. The van der Waals surface area contributed by atoms with Gasteiger partial charge in [0.05, 0.1) is 6.20 Å². The van der Waals surface area contributed by atoms with Gasteiger partial charge in [0, 0.05) is 24.3 Å². The third-order valence-electron chi connectivity index (χ3n) is 2.72. The van der Waals surface area contributed by atoms with E-state index in [1.54, 1.807) is 0 Å². The first-order valence-electron chi connectivity index (χ1n) is 5.45. The molecule has 2 unspecified atom stereocenters. The van der Waals surface area contributed by atoms with Gasteiger partial charge in [-0.3, -0.25) is 4.68 Å². The maximum atomic E-state index is 5.92. The van der Waals surface area contributed by atoms with Gasteiger partial charge >= 0.3 is 0 Å². The fourth-order valence-electron chi connectivity index (χ4n) is 1.36. The van der Waals surface area contributed by atoms with Crippen molar-refractivity contribution in [3.05, 3.63) is 18.0 Å². The van der Waals surface area contributed by atoms with E-state index in [9.17, 15) is 0 Å². The van der Waals surface area contributed by atoms with Gasteiger partial charge in [-0.1, -0.05) is 27.2 Å². The van der Waals surface area contributed by atoms with Gasteiger partial charge < -0.3 is 5.73 Å². The second-order valence-electron chi connectivity index (χ2n) is 4.02. The minimum atomic E-state index is 0.140. The molecule has 0 aliphatic heterocycles. The van der Waals surface area contributed by atoms with E-state index in [-0.39, 0.29) is 6.04 Å². The van der Waals surface area contributed by atoms with Crippen molar-refractivity contribution in [1.29, 1.82) is 0 Å². The molecule has 0 amide bonds. The number of rotatable bonds is 5. The molecule has 3 heteroatoms. The Morgan fingerprint density at radius 2 is 2.14 bits per heavy atom. The molecule has 0 aromatic carbocycles. The SMILES string of the molecule is CCC(C)Cn1cc(C(N)CC)cn1. The summed E-state index contributed by atoms with van der Waals surface area (Å²) in [6, 6.07) is 0.140. The minimum Gasteiger partial charge on any atom is -0.324 e. The van der Waals surface area contributed by atoms with E-state index in [2.05, 4.69) is 32.1 Å². The fourth-order valence-corrected chi connectivity index (χ4v) is 1.36. The highest BCUT2D eigenvalue weighted by molar-refractivity contribution is 5.09. The Morgan fingerprint density at radius 1 is 1.43 bits per heavy atom. The highest BCUT2D eigenvalue weighted by Crippen LogP contribution is 2.13.